The minimum absolute atomic E-state index is 0.0490. The van der Waals surface area contributed by atoms with Crippen LogP contribution in [0.3, 0.4) is 0 Å². The van der Waals surface area contributed by atoms with Crippen LogP contribution in [0.25, 0.3) is 0 Å². The van der Waals surface area contributed by atoms with E-state index in [4.69, 9.17) is 10.2 Å². The maximum Gasteiger partial charge on any atom is 0.332 e. The maximum atomic E-state index is 12.9. The van der Waals surface area contributed by atoms with Crippen molar-refractivity contribution in [3.05, 3.63) is 86.5 Å². The number of likely N-dealkylation sites (N-methyl/N-ethyl adjacent to an activating group) is 1. The molecular formula is C21H25N4O4+. The van der Waals surface area contributed by atoms with Crippen LogP contribution in [0.1, 0.15) is 28.6 Å². The number of rotatable bonds is 8. The summed E-state index contributed by atoms with van der Waals surface area (Å²) in [5.41, 5.74) is 5.72. The van der Waals surface area contributed by atoms with Crippen molar-refractivity contribution in [2.24, 2.45) is 0 Å². The van der Waals surface area contributed by atoms with Gasteiger partial charge in [-0.3, -0.25) is 18.7 Å². The van der Waals surface area contributed by atoms with E-state index in [1.54, 1.807) is 19.3 Å². The minimum atomic E-state index is -0.643. The molecule has 2 aromatic heterocycles. The van der Waals surface area contributed by atoms with Crippen LogP contribution in [0.15, 0.2) is 62.7 Å². The highest BCUT2D eigenvalue weighted by Crippen LogP contribution is 2.09. The predicted molar refractivity (Wildman–Crippen MR) is 109 cm³/mol. The van der Waals surface area contributed by atoms with Crippen molar-refractivity contribution in [1.82, 2.24) is 9.13 Å². The van der Waals surface area contributed by atoms with Gasteiger partial charge in [-0.15, -0.1) is 0 Å². The van der Waals surface area contributed by atoms with Crippen molar-refractivity contribution >= 4 is 11.6 Å². The van der Waals surface area contributed by atoms with E-state index < -0.39 is 17.0 Å². The monoisotopic (exact) mass is 397 g/mol. The minimum Gasteiger partial charge on any atom is -0.463 e. The standard InChI is InChI=1S/C21H24N4O4/c1-3-24-20(27)18(17(26)14-23(2)13-16-10-7-11-29-16)19(22)25(21(24)28)12-15-8-5-4-6-9-15/h4-11H,3,12-14,22H2,1-2H3/p+1. The molecule has 0 saturated heterocycles. The number of anilines is 1. The first-order chi connectivity index (χ1) is 13.9. The van der Waals surface area contributed by atoms with E-state index in [0.29, 0.717) is 6.54 Å². The highest BCUT2D eigenvalue weighted by Gasteiger charge is 2.25. The topological polar surface area (TPSA) is 105 Å². The highest BCUT2D eigenvalue weighted by molar-refractivity contribution is 6.00. The molecule has 0 saturated carbocycles. The van der Waals surface area contributed by atoms with Crippen LogP contribution in [-0.4, -0.2) is 28.5 Å². The first kappa shape index (κ1) is 20.3. The second kappa shape index (κ2) is 8.74. The number of nitrogens with two attached hydrogens (primary N) is 1. The third-order valence-corrected chi connectivity index (χ3v) is 4.76. The number of hydrogen-bond donors (Lipinski definition) is 2. The summed E-state index contributed by atoms with van der Waals surface area (Å²) in [5.74, 6) is 0.244. The van der Waals surface area contributed by atoms with E-state index >= 15 is 0 Å². The van der Waals surface area contributed by atoms with Gasteiger partial charge in [-0.1, -0.05) is 30.3 Å². The Kier molecular flexibility index (Phi) is 6.13. The van der Waals surface area contributed by atoms with Gasteiger partial charge < -0.3 is 15.1 Å². The Morgan fingerprint density at radius 3 is 2.45 bits per heavy atom. The number of benzene rings is 1. The zero-order valence-electron chi connectivity index (χ0n) is 16.6. The lowest BCUT2D eigenvalue weighted by atomic mass is 10.1. The van der Waals surface area contributed by atoms with Crippen molar-refractivity contribution in [2.45, 2.75) is 26.6 Å². The summed E-state index contributed by atoms with van der Waals surface area (Å²) >= 11 is 0. The third-order valence-electron chi connectivity index (χ3n) is 4.76. The molecule has 0 amide bonds. The van der Waals surface area contributed by atoms with Crippen molar-refractivity contribution in [1.29, 1.82) is 0 Å². The van der Waals surface area contributed by atoms with Crippen LogP contribution in [0.2, 0.25) is 0 Å². The van der Waals surface area contributed by atoms with Gasteiger partial charge in [0.15, 0.2) is 5.76 Å². The lowest BCUT2D eigenvalue weighted by Gasteiger charge is -2.17. The lowest BCUT2D eigenvalue weighted by Crippen LogP contribution is -3.08. The number of hydrogen-bond acceptors (Lipinski definition) is 5. The Bertz CT molecular complexity index is 1100. The molecule has 2 heterocycles. The molecule has 0 spiro atoms. The number of Topliss-reactive ketones (excluding diaryl/α,β-unsaturated/α-hetero) is 1. The first-order valence-electron chi connectivity index (χ1n) is 9.46. The molecule has 1 unspecified atom stereocenters. The molecule has 1 aromatic carbocycles. The Morgan fingerprint density at radius 1 is 1.10 bits per heavy atom. The zero-order chi connectivity index (χ0) is 21.0. The first-order valence-corrected chi connectivity index (χ1v) is 9.46. The Labute approximate surface area is 167 Å². The average molecular weight is 397 g/mol. The summed E-state index contributed by atoms with van der Waals surface area (Å²) in [7, 11) is 1.83. The molecule has 0 radical (unpaired) electrons. The van der Waals surface area contributed by atoms with Crippen LogP contribution in [0, 0.1) is 0 Å². The molecule has 3 N–H and O–H groups in total. The lowest BCUT2D eigenvalue weighted by molar-refractivity contribution is -0.885. The summed E-state index contributed by atoms with van der Waals surface area (Å²) < 4.78 is 7.65. The van der Waals surface area contributed by atoms with E-state index in [1.807, 2.05) is 43.4 Å². The number of ketones is 1. The molecule has 0 aliphatic carbocycles. The van der Waals surface area contributed by atoms with Gasteiger partial charge in [-0.2, -0.15) is 0 Å². The van der Waals surface area contributed by atoms with Crippen LogP contribution in [0.4, 0.5) is 5.82 Å². The summed E-state index contributed by atoms with van der Waals surface area (Å²) in [4.78, 5) is 39.4. The zero-order valence-corrected chi connectivity index (χ0v) is 16.6. The van der Waals surface area contributed by atoms with Gasteiger partial charge in [0.2, 0.25) is 5.78 Å². The van der Waals surface area contributed by atoms with Crippen molar-refractivity contribution in [3.63, 3.8) is 0 Å². The number of carbonyl (C=O) groups is 1. The van der Waals surface area contributed by atoms with Gasteiger partial charge in [0.05, 0.1) is 19.9 Å². The molecule has 0 fully saturated rings. The van der Waals surface area contributed by atoms with Gasteiger partial charge in [0.25, 0.3) is 5.56 Å². The number of nitrogens with one attached hydrogen (secondary N) is 1. The molecule has 152 valence electrons. The van der Waals surface area contributed by atoms with E-state index in [-0.39, 0.29) is 31.0 Å². The molecule has 0 aliphatic heterocycles. The molecule has 0 aliphatic rings. The number of nitrogens with zero attached hydrogens (tertiary/aromatic N) is 2. The van der Waals surface area contributed by atoms with E-state index in [0.717, 1.165) is 20.8 Å². The van der Waals surface area contributed by atoms with Crippen LogP contribution in [0.5, 0.6) is 0 Å². The third kappa shape index (κ3) is 4.38. The molecule has 3 rings (SSSR count). The molecule has 8 heteroatoms. The largest absolute Gasteiger partial charge is 0.463 e. The number of aromatic nitrogens is 2. The quantitative estimate of drug-likeness (QED) is 0.527. The van der Waals surface area contributed by atoms with Crippen molar-refractivity contribution in [3.8, 4) is 0 Å². The number of carbonyl (C=O) groups excluding carboxylic acids is 1. The fourth-order valence-corrected chi connectivity index (χ4v) is 3.31. The normalized spacial score (nSPS) is 12.1. The van der Waals surface area contributed by atoms with E-state index in [1.165, 1.54) is 4.57 Å². The molecule has 29 heavy (non-hydrogen) atoms. The fraction of sp³-hybridized carbons (Fsp3) is 0.286. The Balaban J connectivity index is 1.96. The molecule has 3 aromatic rings. The molecule has 8 nitrogen and oxygen atoms in total. The summed E-state index contributed by atoms with van der Waals surface area (Å²) in [6, 6.07) is 12.9. The van der Waals surface area contributed by atoms with Gasteiger partial charge in [0.1, 0.15) is 24.5 Å². The van der Waals surface area contributed by atoms with Gasteiger partial charge in [-0.25, -0.2) is 4.79 Å². The van der Waals surface area contributed by atoms with Crippen molar-refractivity contribution in [2.75, 3.05) is 19.3 Å². The summed E-state index contributed by atoms with van der Waals surface area (Å²) in [6.07, 6.45) is 1.57. The van der Waals surface area contributed by atoms with E-state index in [9.17, 15) is 14.4 Å². The fourth-order valence-electron chi connectivity index (χ4n) is 3.31. The average Bonchev–Trinajstić information content (AvgIpc) is 3.19. The van der Waals surface area contributed by atoms with Gasteiger partial charge in [0, 0.05) is 6.54 Å². The van der Waals surface area contributed by atoms with Crippen LogP contribution < -0.4 is 21.9 Å². The number of furan rings is 1. The van der Waals surface area contributed by atoms with Crippen LogP contribution in [-0.2, 0) is 19.6 Å². The van der Waals surface area contributed by atoms with E-state index in [2.05, 4.69) is 0 Å². The highest BCUT2D eigenvalue weighted by atomic mass is 16.3. The smallest absolute Gasteiger partial charge is 0.332 e. The summed E-state index contributed by atoms with van der Waals surface area (Å²) in [5, 5.41) is 0. The SMILES string of the molecule is CCn1c(=O)c(C(=O)C[NH+](C)Cc2ccco2)c(N)n(Cc2ccccc2)c1=O. The molecular weight excluding hydrogens is 372 g/mol. The van der Waals surface area contributed by atoms with Gasteiger partial charge >= 0.3 is 5.69 Å². The second-order valence-corrected chi connectivity index (χ2v) is 6.98. The number of quaternary nitrogens is 1. The number of nitrogen functional groups attached to an aromatic ring is 1. The van der Waals surface area contributed by atoms with Gasteiger partial charge in [-0.05, 0) is 24.6 Å². The Morgan fingerprint density at radius 2 is 1.83 bits per heavy atom. The molecule has 0 bridgehead atoms. The summed E-state index contributed by atoms with van der Waals surface area (Å²) in [6.45, 7) is 2.56. The Hall–Kier alpha value is -3.39. The maximum absolute atomic E-state index is 12.9. The molecule has 1 atom stereocenters. The second-order valence-electron chi connectivity index (χ2n) is 6.98. The van der Waals surface area contributed by atoms with Crippen LogP contribution >= 0.6 is 0 Å². The predicted octanol–water partition coefficient (Wildman–Crippen LogP) is 0.151. The van der Waals surface area contributed by atoms with Crippen molar-refractivity contribution < 1.29 is 14.1 Å².